The topological polar surface area (TPSA) is 56.5 Å². The van der Waals surface area contributed by atoms with E-state index in [9.17, 15) is 0 Å². The number of ether oxygens (including phenoxy) is 2. The molecule has 2 aromatic rings. The molecule has 0 saturated heterocycles. The molecule has 118 valence electrons. The van der Waals surface area contributed by atoms with Crippen molar-refractivity contribution in [3.8, 4) is 11.5 Å². The zero-order valence-electron chi connectivity index (χ0n) is 13.4. The predicted octanol–water partition coefficient (Wildman–Crippen LogP) is 2.88. The predicted molar refractivity (Wildman–Crippen MR) is 89.2 cm³/mol. The van der Waals surface area contributed by atoms with Gasteiger partial charge in [0, 0.05) is 18.6 Å². The zero-order chi connectivity index (χ0) is 15.9. The van der Waals surface area contributed by atoms with E-state index in [1.165, 1.54) is 5.56 Å². The van der Waals surface area contributed by atoms with Crippen molar-refractivity contribution >= 4 is 0 Å². The van der Waals surface area contributed by atoms with Crippen molar-refractivity contribution < 1.29 is 9.47 Å². The summed E-state index contributed by atoms with van der Waals surface area (Å²) < 4.78 is 10.3. The number of benzene rings is 2. The van der Waals surface area contributed by atoms with Crippen LogP contribution in [-0.4, -0.2) is 20.3 Å². The Hall–Kier alpha value is -2.04. The quantitative estimate of drug-likeness (QED) is 0.825. The number of nitrogens with one attached hydrogen (secondary N) is 1. The van der Waals surface area contributed by atoms with Crippen molar-refractivity contribution in [2.24, 2.45) is 5.73 Å². The summed E-state index contributed by atoms with van der Waals surface area (Å²) in [6, 6.07) is 16.0. The van der Waals surface area contributed by atoms with E-state index in [4.69, 9.17) is 15.2 Å². The first-order valence-electron chi connectivity index (χ1n) is 7.40. The summed E-state index contributed by atoms with van der Waals surface area (Å²) >= 11 is 0. The molecule has 0 aliphatic rings. The van der Waals surface area contributed by atoms with Crippen LogP contribution in [0.4, 0.5) is 0 Å². The van der Waals surface area contributed by atoms with Gasteiger partial charge in [0.1, 0.15) is 11.5 Å². The van der Waals surface area contributed by atoms with Crippen LogP contribution in [0.1, 0.15) is 24.1 Å². The van der Waals surface area contributed by atoms with Gasteiger partial charge in [-0.25, -0.2) is 0 Å². The molecule has 2 aromatic carbocycles. The third kappa shape index (κ3) is 4.23. The van der Waals surface area contributed by atoms with E-state index >= 15 is 0 Å². The van der Waals surface area contributed by atoms with Gasteiger partial charge in [0.25, 0.3) is 0 Å². The van der Waals surface area contributed by atoms with E-state index in [1.54, 1.807) is 14.2 Å². The molecule has 2 atom stereocenters. The molecule has 0 aliphatic heterocycles. The smallest absolute Gasteiger partial charge is 0.118 e. The summed E-state index contributed by atoms with van der Waals surface area (Å²) in [5.41, 5.74) is 8.61. The summed E-state index contributed by atoms with van der Waals surface area (Å²) in [5.74, 6) is 1.71. The Morgan fingerprint density at radius 2 is 1.41 bits per heavy atom. The maximum atomic E-state index is 6.32. The summed E-state index contributed by atoms with van der Waals surface area (Å²) in [5, 5.41) is 3.47. The second-order valence-electron chi connectivity index (χ2n) is 5.32. The van der Waals surface area contributed by atoms with Crippen molar-refractivity contribution in [1.29, 1.82) is 0 Å². The van der Waals surface area contributed by atoms with E-state index < -0.39 is 0 Å². The average molecular weight is 300 g/mol. The van der Waals surface area contributed by atoms with Crippen molar-refractivity contribution in [3.63, 3.8) is 0 Å². The Morgan fingerprint density at radius 3 is 1.91 bits per heavy atom. The lowest BCUT2D eigenvalue weighted by molar-refractivity contribution is 0.413. The Bertz CT molecular complexity index is 567. The molecule has 0 saturated carbocycles. The molecular weight excluding hydrogens is 276 g/mol. The van der Waals surface area contributed by atoms with Gasteiger partial charge in [-0.15, -0.1) is 0 Å². The normalized spacial score (nSPS) is 13.5. The van der Waals surface area contributed by atoms with E-state index in [-0.39, 0.29) is 12.1 Å². The molecule has 4 nitrogen and oxygen atoms in total. The van der Waals surface area contributed by atoms with Crippen molar-refractivity contribution in [1.82, 2.24) is 5.32 Å². The summed E-state index contributed by atoms with van der Waals surface area (Å²) in [7, 11) is 3.33. The Morgan fingerprint density at radius 1 is 0.909 bits per heavy atom. The summed E-state index contributed by atoms with van der Waals surface area (Å²) in [6.45, 7) is 2.87. The minimum atomic E-state index is -0.0656. The fraction of sp³-hybridized carbons (Fsp3) is 0.333. The molecule has 0 fully saturated rings. The first-order valence-corrected chi connectivity index (χ1v) is 7.40. The highest BCUT2D eigenvalue weighted by atomic mass is 16.5. The monoisotopic (exact) mass is 300 g/mol. The van der Waals surface area contributed by atoms with E-state index in [1.807, 2.05) is 36.4 Å². The van der Waals surface area contributed by atoms with Crippen LogP contribution < -0.4 is 20.5 Å². The summed E-state index contributed by atoms with van der Waals surface area (Å²) in [6.07, 6.45) is 0. The fourth-order valence-corrected chi connectivity index (χ4v) is 2.26. The number of hydrogen-bond acceptors (Lipinski definition) is 4. The lowest BCUT2D eigenvalue weighted by atomic mass is 10.0. The first-order chi connectivity index (χ1) is 10.6. The molecule has 0 spiro atoms. The molecular formula is C18H24N2O2. The van der Waals surface area contributed by atoms with Crippen LogP contribution in [0.3, 0.4) is 0 Å². The standard InChI is InChI=1S/C18H24N2O2/c1-13(18(19)15-6-10-17(22-3)11-7-15)20-12-14-4-8-16(21-2)9-5-14/h4-11,13,18,20H,12,19H2,1-3H3. The van der Waals surface area contributed by atoms with Gasteiger partial charge < -0.3 is 20.5 Å². The molecule has 4 heteroatoms. The number of hydrogen-bond donors (Lipinski definition) is 2. The zero-order valence-corrected chi connectivity index (χ0v) is 13.4. The van der Waals surface area contributed by atoms with Crippen LogP contribution in [0.5, 0.6) is 11.5 Å². The number of methoxy groups -OCH3 is 2. The van der Waals surface area contributed by atoms with Crippen LogP contribution in [0, 0.1) is 0 Å². The highest BCUT2D eigenvalue weighted by Crippen LogP contribution is 2.19. The molecule has 0 heterocycles. The highest BCUT2D eigenvalue weighted by Gasteiger charge is 2.14. The molecule has 2 unspecified atom stereocenters. The van der Waals surface area contributed by atoms with Crippen molar-refractivity contribution in [2.75, 3.05) is 14.2 Å². The van der Waals surface area contributed by atoms with Gasteiger partial charge in [-0.05, 0) is 42.3 Å². The third-order valence-electron chi connectivity index (χ3n) is 3.83. The Labute approximate surface area is 132 Å². The van der Waals surface area contributed by atoms with Gasteiger partial charge in [-0.2, -0.15) is 0 Å². The maximum absolute atomic E-state index is 6.32. The molecule has 0 amide bonds. The number of rotatable bonds is 7. The summed E-state index contributed by atoms with van der Waals surface area (Å²) in [4.78, 5) is 0. The maximum Gasteiger partial charge on any atom is 0.118 e. The van der Waals surface area contributed by atoms with Gasteiger partial charge in [0.15, 0.2) is 0 Å². The highest BCUT2D eigenvalue weighted by molar-refractivity contribution is 5.30. The second kappa shape index (κ2) is 7.82. The van der Waals surface area contributed by atoms with Gasteiger partial charge in [0.05, 0.1) is 14.2 Å². The molecule has 22 heavy (non-hydrogen) atoms. The molecule has 0 bridgehead atoms. The van der Waals surface area contributed by atoms with Gasteiger partial charge in [-0.1, -0.05) is 24.3 Å². The van der Waals surface area contributed by atoms with Crippen molar-refractivity contribution in [2.45, 2.75) is 25.6 Å². The van der Waals surface area contributed by atoms with Crippen molar-refractivity contribution in [3.05, 3.63) is 59.7 Å². The lowest BCUT2D eigenvalue weighted by Gasteiger charge is -2.22. The lowest BCUT2D eigenvalue weighted by Crippen LogP contribution is -2.36. The van der Waals surface area contributed by atoms with Gasteiger partial charge in [0.2, 0.25) is 0 Å². The molecule has 0 radical (unpaired) electrons. The molecule has 0 aromatic heterocycles. The fourth-order valence-electron chi connectivity index (χ4n) is 2.26. The molecule has 3 N–H and O–H groups in total. The minimum absolute atomic E-state index is 0.0656. The molecule has 0 aliphatic carbocycles. The largest absolute Gasteiger partial charge is 0.497 e. The second-order valence-corrected chi connectivity index (χ2v) is 5.32. The van der Waals surface area contributed by atoms with Gasteiger partial charge in [-0.3, -0.25) is 0 Å². The SMILES string of the molecule is COc1ccc(CNC(C)C(N)c2ccc(OC)cc2)cc1. The van der Waals surface area contributed by atoms with Crippen LogP contribution in [0.25, 0.3) is 0 Å². The van der Waals surface area contributed by atoms with Crippen LogP contribution in [0.15, 0.2) is 48.5 Å². The van der Waals surface area contributed by atoms with Crippen LogP contribution in [-0.2, 0) is 6.54 Å². The average Bonchev–Trinajstić information content (AvgIpc) is 2.59. The molecule has 2 rings (SSSR count). The Kier molecular flexibility index (Phi) is 5.81. The van der Waals surface area contributed by atoms with E-state index in [0.29, 0.717) is 0 Å². The number of nitrogens with two attached hydrogens (primary N) is 1. The first kappa shape index (κ1) is 16.3. The Balaban J connectivity index is 1.90. The van der Waals surface area contributed by atoms with Crippen LogP contribution in [0.2, 0.25) is 0 Å². The van der Waals surface area contributed by atoms with E-state index in [2.05, 4.69) is 24.4 Å². The van der Waals surface area contributed by atoms with Gasteiger partial charge >= 0.3 is 0 Å². The third-order valence-corrected chi connectivity index (χ3v) is 3.83. The minimum Gasteiger partial charge on any atom is -0.497 e. The van der Waals surface area contributed by atoms with Crippen LogP contribution >= 0.6 is 0 Å². The van der Waals surface area contributed by atoms with E-state index in [0.717, 1.165) is 23.6 Å².